The van der Waals surface area contributed by atoms with Crippen LogP contribution in [0.25, 0.3) is 11.4 Å². The van der Waals surface area contributed by atoms with Gasteiger partial charge < -0.3 is 14.4 Å². The molecule has 9 nitrogen and oxygen atoms in total. The quantitative estimate of drug-likeness (QED) is 0.506. The number of nitro benzene ring substituents is 1. The third-order valence-corrected chi connectivity index (χ3v) is 2.31. The van der Waals surface area contributed by atoms with E-state index in [1.165, 1.54) is 6.07 Å². The summed E-state index contributed by atoms with van der Waals surface area (Å²) in [7, 11) is 0. The molecule has 1 heterocycles. The van der Waals surface area contributed by atoms with Gasteiger partial charge in [0, 0.05) is 11.6 Å². The smallest absolute Gasteiger partial charge is 0.397 e. The normalized spacial score (nSPS) is 10.2. The molecule has 0 aliphatic heterocycles. The number of rotatable bonds is 4. The van der Waals surface area contributed by atoms with Gasteiger partial charge in [0.1, 0.15) is 0 Å². The summed E-state index contributed by atoms with van der Waals surface area (Å²) in [5, 5.41) is 23.6. The Morgan fingerprint density at radius 2 is 2.30 bits per heavy atom. The van der Waals surface area contributed by atoms with E-state index in [0.717, 1.165) is 12.1 Å². The fraction of sp³-hybridized carbons (Fsp3) is 0.182. The molecule has 0 saturated heterocycles. The standard InChI is InChI=1S/C11H9N3O6/c1-2-19-11(16)10-12-9(13-20-10)6-3-4-8(15)7(5-6)14(17)18/h3-5,15H,2H2,1H3. The lowest BCUT2D eigenvalue weighted by molar-refractivity contribution is -0.385. The van der Waals surface area contributed by atoms with E-state index in [-0.39, 0.29) is 23.9 Å². The number of phenols is 1. The summed E-state index contributed by atoms with van der Waals surface area (Å²) in [6, 6.07) is 3.57. The SMILES string of the molecule is CCOC(=O)c1nc(-c2ccc(O)c([N+](=O)[O-])c2)no1. The molecule has 1 aromatic carbocycles. The van der Waals surface area contributed by atoms with Crippen LogP contribution in [0, 0.1) is 10.1 Å². The van der Waals surface area contributed by atoms with Crippen LogP contribution in [0.3, 0.4) is 0 Å². The molecule has 104 valence electrons. The van der Waals surface area contributed by atoms with Crippen LogP contribution in [0.1, 0.15) is 17.6 Å². The van der Waals surface area contributed by atoms with Crippen molar-refractivity contribution in [3.63, 3.8) is 0 Å². The highest BCUT2D eigenvalue weighted by molar-refractivity contribution is 5.84. The largest absolute Gasteiger partial charge is 0.502 e. The zero-order valence-electron chi connectivity index (χ0n) is 10.3. The van der Waals surface area contributed by atoms with Crippen LogP contribution in [0.15, 0.2) is 22.7 Å². The van der Waals surface area contributed by atoms with E-state index < -0.39 is 22.3 Å². The van der Waals surface area contributed by atoms with Crippen LogP contribution in [0.5, 0.6) is 5.75 Å². The van der Waals surface area contributed by atoms with Crippen molar-refractivity contribution in [3.8, 4) is 17.1 Å². The Balaban J connectivity index is 2.35. The third-order valence-electron chi connectivity index (χ3n) is 2.31. The van der Waals surface area contributed by atoms with Gasteiger partial charge in [-0.25, -0.2) is 4.79 Å². The van der Waals surface area contributed by atoms with Crippen molar-refractivity contribution in [1.82, 2.24) is 10.1 Å². The maximum absolute atomic E-state index is 11.4. The van der Waals surface area contributed by atoms with Gasteiger partial charge in [-0.15, -0.1) is 0 Å². The topological polar surface area (TPSA) is 129 Å². The van der Waals surface area contributed by atoms with Crippen molar-refractivity contribution in [2.24, 2.45) is 0 Å². The average Bonchev–Trinajstić information content (AvgIpc) is 2.89. The number of hydrogen-bond acceptors (Lipinski definition) is 8. The summed E-state index contributed by atoms with van der Waals surface area (Å²) < 4.78 is 9.37. The van der Waals surface area contributed by atoms with E-state index >= 15 is 0 Å². The summed E-state index contributed by atoms with van der Waals surface area (Å²) in [6.07, 6.45) is 0. The van der Waals surface area contributed by atoms with Gasteiger partial charge in [-0.3, -0.25) is 10.1 Å². The van der Waals surface area contributed by atoms with Gasteiger partial charge in [-0.1, -0.05) is 5.16 Å². The highest BCUT2D eigenvalue weighted by atomic mass is 16.6. The minimum absolute atomic E-state index is 0.0175. The zero-order chi connectivity index (χ0) is 14.7. The first-order valence-electron chi connectivity index (χ1n) is 5.51. The highest BCUT2D eigenvalue weighted by Crippen LogP contribution is 2.30. The maximum Gasteiger partial charge on any atom is 0.397 e. The molecule has 0 aliphatic rings. The number of carbonyl (C=O) groups excluding carboxylic acids is 1. The Bertz CT molecular complexity index is 666. The van der Waals surface area contributed by atoms with Crippen LogP contribution in [-0.4, -0.2) is 32.7 Å². The Kier molecular flexibility index (Phi) is 3.60. The molecule has 0 atom stereocenters. The molecule has 0 aliphatic carbocycles. The number of carbonyl (C=O) groups is 1. The first-order valence-corrected chi connectivity index (χ1v) is 5.51. The third kappa shape index (κ3) is 2.55. The Morgan fingerprint density at radius 1 is 1.55 bits per heavy atom. The number of nitrogens with zero attached hydrogens (tertiary/aromatic N) is 3. The van der Waals surface area contributed by atoms with E-state index in [4.69, 9.17) is 4.52 Å². The summed E-state index contributed by atoms with van der Waals surface area (Å²) in [4.78, 5) is 25.1. The van der Waals surface area contributed by atoms with Crippen molar-refractivity contribution in [2.45, 2.75) is 6.92 Å². The average molecular weight is 279 g/mol. The summed E-state index contributed by atoms with van der Waals surface area (Å²) in [5.74, 6) is -1.62. The van der Waals surface area contributed by atoms with Crippen molar-refractivity contribution < 1.29 is 24.1 Å². The van der Waals surface area contributed by atoms with E-state index in [0.29, 0.717) is 0 Å². The number of aromatic nitrogens is 2. The Morgan fingerprint density at radius 3 is 2.95 bits per heavy atom. The van der Waals surface area contributed by atoms with Crippen LogP contribution in [0.4, 0.5) is 5.69 Å². The first-order chi connectivity index (χ1) is 9.52. The molecule has 2 aromatic rings. The molecule has 0 saturated carbocycles. The Labute approximate surface area is 111 Å². The molecule has 0 amide bonds. The predicted octanol–water partition coefficient (Wildman–Crippen LogP) is 1.53. The number of nitro groups is 1. The van der Waals surface area contributed by atoms with E-state index in [9.17, 15) is 20.0 Å². The maximum atomic E-state index is 11.4. The number of phenolic OH excluding ortho intramolecular Hbond substituents is 1. The van der Waals surface area contributed by atoms with Gasteiger partial charge in [-0.05, 0) is 19.1 Å². The van der Waals surface area contributed by atoms with E-state index in [1.807, 2.05) is 0 Å². The molecule has 9 heteroatoms. The fourth-order valence-electron chi connectivity index (χ4n) is 1.43. The number of ether oxygens (including phenoxy) is 1. The minimum atomic E-state index is -0.778. The molecule has 20 heavy (non-hydrogen) atoms. The lowest BCUT2D eigenvalue weighted by Crippen LogP contribution is -2.04. The van der Waals surface area contributed by atoms with Crippen molar-refractivity contribution >= 4 is 11.7 Å². The van der Waals surface area contributed by atoms with Gasteiger partial charge in [0.25, 0.3) is 0 Å². The van der Waals surface area contributed by atoms with Crippen molar-refractivity contribution in [2.75, 3.05) is 6.61 Å². The van der Waals surface area contributed by atoms with Crippen molar-refractivity contribution in [1.29, 1.82) is 0 Å². The monoisotopic (exact) mass is 279 g/mol. The zero-order valence-corrected chi connectivity index (χ0v) is 10.3. The molecular formula is C11H9N3O6. The van der Waals surface area contributed by atoms with Crippen LogP contribution in [0.2, 0.25) is 0 Å². The van der Waals surface area contributed by atoms with Crippen LogP contribution < -0.4 is 0 Å². The molecule has 0 spiro atoms. The summed E-state index contributed by atoms with van der Waals surface area (Å²) in [6.45, 7) is 1.78. The minimum Gasteiger partial charge on any atom is -0.502 e. The lowest BCUT2D eigenvalue weighted by Gasteiger charge is -1.97. The van der Waals surface area contributed by atoms with Gasteiger partial charge in [-0.2, -0.15) is 4.98 Å². The summed E-state index contributed by atoms with van der Waals surface area (Å²) in [5.41, 5.74) is -0.265. The first kappa shape index (κ1) is 13.5. The molecular weight excluding hydrogens is 270 g/mol. The second-order valence-electron chi connectivity index (χ2n) is 3.60. The van der Waals surface area contributed by atoms with Crippen LogP contribution >= 0.6 is 0 Å². The number of aromatic hydroxyl groups is 1. The molecule has 2 rings (SSSR count). The molecule has 0 bridgehead atoms. The van der Waals surface area contributed by atoms with E-state index in [1.54, 1.807) is 6.92 Å². The predicted molar refractivity (Wildman–Crippen MR) is 64.0 cm³/mol. The van der Waals surface area contributed by atoms with E-state index in [2.05, 4.69) is 14.9 Å². The molecule has 1 N–H and O–H groups in total. The molecule has 0 unspecified atom stereocenters. The van der Waals surface area contributed by atoms with Gasteiger partial charge in [0.15, 0.2) is 5.75 Å². The molecule has 0 radical (unpaired) electrons. The van der Waals surface area contributed by atoms with Gasteiger partial charge in [0.2, 0.25) is 5.82 Å². The van der Waals surface area contributed by atoms with Gasteiger partial charge in [0.05, 0.1) is 11.5 Å². The fourth-order valence-corrected chi connectivity index (χ4v) is 1.43. The summed E-state index contributed by atoms with van der Waals surface area (Å²) >= 11 is 0. The molecule has 0 fully saturated rings. The highest BCUT2D eigenvalue weighted by Gasteiger charge is 2.20. The van der Waals surface area contributed by atoms with Gasteiger partial charge >= 0.3 is 17.5 Å². The second-order valence-corrected chi connectivity index (χ2v) is 3.60. The Hall–Kier alpha value is -2.97. The lowest BCUT2D eigenvalue weighted by atomic mass is 10.2. The number of hydrogen-bond donors (Lipinski definition) is 1. The number of benzene rings is 1. The molecule has 1 aromatic heterocycles. The second kappa shape index (κ2) is 5.34. The van der Waals surface area contributed by atoms with Crippen LogP contribution in [-0.2, 0) is 4.74 Å². The number of esters is 1. The van der Waals surface area contributed by atoms with Crippen molar-refractivity contribution in [3.05, 3.63) is 34.2 Å².